The van der Waals surface area contributed by atoms with Crippen molar-refractivity contribution in [2.24, 2.45) is 0 Å². The van der Waals surface area contributed by atoms with E-state index in [0.29, 0.717) is 0 Å². The monoisotopic (exact) mass is 288 g/mol. The summed E-state index contributed by atoms with van der Waals surface area (Å²) in [5, 5.41) is 22.5. The molecule has 1 aromatic heterocycles. The maximum Gasteiger partial charge on any atom is 0.332 e. The molecule has 8 nitrogen and oxygen atoms in total. The van der Waals surface area contributed by atoms with E-state index in [1.54, 1.807) is 6.07 Å². The first-order chi connectivity index (χ1) is 9.92. The Morgan fingerprint density at radius 1 is 1.48 bits per heavy atom. The number of nitrogen functional groups attached to an aromatic ring is 1. The van der Waals surface area contributed by atoms with E-state index in [2.05, 4.69) is 15.3 Å². The highest BCUT2D eigenvalue weighted by molar-refractivity contribution is 5.68. The first kappa shape index (κ1) is 14.1. The van der Waals surface area contributed by atoms with Crippen LogP contribution in [-0.4, -0.2) is 14.9 Å². The largest absolute Gasteiger partial charge is 0.368 e. The molecule has 0 saturated heterocycles. The van der Waals surface area contributed by atoms with Crippen LogP contribution in [-0.2, 0) is 0 Å². The molecule has 0 unspecified atom stereocenters. The number of rotatable bonds is 3. The lowest BCUT2D eigenvalue weighted by Crippen LogP contribution is -2.07. The summed E-state index contributed by atoms with van der Waals surface area (Å²) in [6.07, 6.45) is 0. The zero-order valence-electron chi connectivity index (χ0n) is 10.8. The van der Waals surface area contributed by atoms with Gasteiger partial charge in [0.05, 0.1) is 10.5 Å². The third-order valence-electron chi connectivity index (χ3n) is 2.61. The zero-order valence-corrected chi connectivity index (χ0v) is 10.8. The highest BCUT2D eigenvalue weighted by Gasteiger charge is 2.21. The van der Waals surface area contributed by atoms with Crippen LogP contribution in [0.15, 0.2) is 18.2 Å². The lowest BCUT2D eigenvalue weighted by molar-refractivity contribution is -0.385. The number of nitrogens with one attached hydrogen (secondary N) is 1. The summed E-state index contributed by atoms with van der Waals surface area (Å²) in [4.78, 5) is 17.9. The van der Waals surface area contributed by atoms with Gasteiger partial charge in [-0.25, -0.2) is 9.37 Å². The summed E-state index contributed by atoms with van der Waals surface area (Å²) in [7, 11) is 0. The number of aromatic nitrogens is 2. The first-order valence-electron chi connectivity index (χ1n) is 5.67. The molecular formula is C12H9FN6O2. The Hall–Kier alpha value is -3.28. The molecule has 0 fully saturated rings. The van der Waals surface area contributed by atoms with Gasteiger partial charge >= 0.3 is 5.69 Å². The predicted octanol–water partition coefficient (Wildman–Crippen LogP) is 2.03. The molecule has 0 aliphatic rings. The molecular weight excluding hydrogens is 279 g/mol. The molecule has 9 heteroatoms. The van der Waals surface area contributed by atoms with E-state index >= 15 is 0 Å². The molecule has 2 rings (SSSR count). The third kappa shape index (κ3) is 2.84. The molecule has 1 aromatic carbocycles. The van der Waals surface area contributed by atoms with Gasteiger partial charge in [-0.15, -0.1) is 0 Å². The molecule has 0 saturated carbocycles. The standard InChI is InChI=1S/C12H9FN6O2/c1-6-10(19(20)21)11(18-12(15)16-6)17-8-2-3-9(13)7(4-8)5-14/h2-4H,1H3,(H3,15,16,17,18). The van der Waals surface area contributed by atoms with Crippen LogP contribution in [0.1, 0.15) is 11.3 Å². The number of anilines is 3. The number of aryl methyl sites for hydroxylation is 1. The van der Waals surface area contributed by atoms with E-state index < -0.39 is 10.7 Å². The van der Waals surface area contributed by atoms with Crippen LogP contribution in [0.25, 0.3) is 0 Å². The van der Waals surface area contributed by atoms with Gasteiger partial charge in [0.2, 0.25) is 11.8 Å². The summed E-state index contributed by atoms with van der Waals surface area (Å²) >= 11 is 0. The van der Waals surface area contributed by atoms with Crippen LogP contribution >= 0.6 is 0 Å². The number of nitriles is 1. The fourth-order valence-electron chi connectivity index (χ4n) is 1.72. The molecule has 0 bridgehead atoms. The fourth-order valence-corrected chi connectivity index (χ4v) is 1.72. The van der Waals surface area contributed by atoms with E-state index in [4.69, 9.17) is 11.0 Å². The fraction of sp³-hybridized carbons (Fsp3) is 0.0833. The molecule has 106 valence electrons. The molecule has 0 aliphatic carbocycles. The van der Waals surface area contributed by atoms with E-state index in [1.165, 1.54) is 19.1 Å². The van der Waals surface area contributed by atoms with Crippen molar-refractivity contribution in [2.45, 2.75) is 6.92 Å². The maximum atomic E-state index is 13.2. The van der Waals surface area contributed by atoms with Crippen LogP contribution < -0.4 is 11.1 Å². The molecule has 0 spiro atoms. The van der Waals surface area contributed by atoms with Crippen molar-refractivity contribution in [1.29, 1.82) is 5.26 Å². The molecule has 1 heterocycles. The van der Waals surface area contributed by atoms with Gasteiger partial charge in [-0.05, 0) is 25.1 Å². The van der Waals surface area contributed by atoms with Crippen LogP contribution in [0.3, 0.4) is 0 Å². The van der Waals surface area contributed by atoms with Gasteiger partial charge in [0.1, 0.15) is 17.6 Å². The first-order valence-corrected chi connectivity index (χ1v) is 5.67. The Balaban J connectivity index is 2.49. The highest BCUT2D eigenvalue weighted by atomic mass is 19.1. The van der Waals surface area contributed by atoms with Crippen molar-refractivity contribution < 1.29 is 9.31 Å². The van der Waals surface area contributed by atoms with E-state index in [-0.39, 0.29) is 34.4 Å². The van der Waals surface area contributed by atoms with Crippen molar-refractivity contribution in [1.82, 2.24) is 9.97 Å². The zero-order chi connectivity index (χ0) is 15.6. The Bertz CT molecular complexity index is 771. The summed E-state index contributed by atoms with van der Waals surface area (Å²) in [5.74, 6) is -0.945. The maximum absolute atomic E-state index is 13.2. The minimum absolute atomic E-state index is 0.0950. The number of halogens is 1. The summed E-state index contributed by atoms with van der Waals surface area (Å²) in [6, 6.07) is 5.29. The minimum Gasteiger partial charge on any atom is -0.368 e. The minimum atomic E-state index is -0.684. The Morgan fingerprint density at radius 3 is 2.81 bits per heavy atom. The van der Waals surface area contributed by atoms with Gasteiger partial charge in [0, 0.05) is 5.69 Å². The van der Waals surface area contributed by atoms with Crippen molar-refractivity contribution in [2.75, 3.05) is 11.1 Å². The lowest BCUT2D eigenvalue weighted by atomic mass is 10.2. The lowest BCUT2D eigenvalue weighted by Gasteiger charge is -2.08. The van der Waals surface area contributed by atoms with Gasteiger partial charge < -0.3 is 11.1 Å². The Kier molecular flexibility index (Phi) is 3.62. The van der Waals surface area contributed by atoms with Gasteiger partial charge in [-0.3, -0.25) is 10.1 Å². The van der Waals surface area contributed by atoms with Gasteiger partial charge in [0.25, 0.3) is 0 Å². The second kappa shape index (κ2) is 5.38. The number of hydrogen-bond donors (Lipinski definition) is 2. The van der Waals surface area contributed by atoms with E-state index in [9.17, 15) is 14.5 Å². The smallest absolute Gasteiger partial charge is 0.332 e. The number of nitrogens with two attached hydrogens (primary N) is 1. The number of hydrogen-bond acceptors (Lipinski definition) is 7. The van der Waals surface area contributed by atoms with Gasteiger partial charge in [0.15, 0.2) is 0 Å². The predicted molar refractivity (Wildman–Crippen MR) is 72.2 cm³/mol. The van der Waals surface area contributed by atoms with Crippen molar-refractivity contribution in [3.8, 4) is 6.07 Å². The normalized spacial score (nSPS) is 9.95. The molecule has 0 radical (unpaired) electrons. The summed E-state index contributed by atoms with van der Waals surface area (Å²) < 4.78 is 13.2. The van der Waals surface area contributed by atoms with Crippen molar-refractivity contribution >= 4 is 23.1 Å². The quantitative estimate of drug-likeness (QED) is 0.652. The number of benzene rings is 1. The highest BCUT2D eigenvalue weighted by Crippen LogP contribution is 2.29. The van der Waals surface area contributed by atoms with Crippen LogP contribution in [0, 0.1) is 34.2 Å². The summed E-state index contributed by atoms with van der Waals surface area (Å²) in [6.45, 7) is 1.42. The molecule has 0 atom stereocenters. The molecule has 0 aliphatic heterocycles. The van der Waals surface area contributed by atoms with Gasteiger partial charge in [-0.1, -0.05) is 0 Å². The van der Waals surface area contributed by atoms with Crippen LogP contribution in [0.2, 0.25) is 0 Å². The Morgan fingerprint density at radius 2 is 2.19 bits per heavy atom. The number of nitrogens with zero attached hydrogens (tertiary/aromatic N) is 4. The average Bonchev–Trinajstić information content (AvgIpc) is 2.39. The average molecular weight is 288 g/mol. The second-order valence-corrected chi connectivity index (χ2v) is 4.05. The molecule has 21 heavy (non-hydrogen) atoms. The van der Waals surface area contributed by atoms with Crippen molar-refractivity contribution in [3.05, 3.63) is 45.4 Å². The SMILES string of the molecule is Cc1nc(N)nc(Nc2ccc(F)c(C#N)c2)c1[N+](=O)[O-]. The van der Waals surface area contributed by atoms with Crippen LogP contribution in [0.5, 0.6) is 0 Å². The van der Waals surface area contributed by atoms with Crippen molar-refractivity contribution in [3.63, 3.8) is 0 Å². The molecule has 2 aromatic rings. The summed E-state index contributed by atoms with van der Waals surface area (Å²) in [5.41, 5.74) is 5.30. The van der Waals surface area contributed by atoms with E-state index in [0.717, 1.165) is 6.07 Å². The topological polar surface area (TPSA) is 131 Å². The van der Waals surface area contributed by atoms with Crippen LogP contribution in [0.4, 0.5) is 27.5 Å². The molecule has 3 N–H and O–H groups in total. The Labute approximate surface area is 118 Å². The second-order valence-electron chi connectivity index (χ2n) is 4.05. The third-order valence-corrected chi connectivity index (χ3v) is 2.61. The number of nitro groups is 1. The molecule has 0 amide bonds. The van der Waals surface area contributed by atoms with Gasteiger partial charge in [-0.2, -0.15) is 10.2 Å². The van der Waals surface area contributed by atoms with E-state index in [1.807, 2.05) is 0 Å².